The van der Waals surface area contributed by atoms with Crippen LogP contribution in [0, 0.1) is 5.92 Å². The Kier molecular flexibility index (Phi) is 2.88. The molecule has 1 aromatic heterocycles. The SMILES string of the molecule is c1nc(CCN2CCNC(C3CC3)C2)no1. The normalized spacial score (nSPS) is 27.1. The first-order chi connectivity index (χ1) is 7.92. The van der Waals surface area contributed by atoms with E-state index in [2.05, 4.69) is 20.4 Å². The van der Waals surface area contributed by atoms with E-state index in [9.17, 15) is 0 Å². The van der Waals surface area contributed by atoms with Gasteiger partial charge in [0.25, 0.3) is 0 Å². The van der Waals surface area contributed by atoms with Crippen LogP contribution < -0.4 is 5.32 Å². The van der Waals surface area contributed by atoms with E-state index in [1.807, 2.05) is 0 Å². The summed E-state index contributed by atoms with van der Waals surface area (Å²) in [5, 5.41) is 7.45. The molecule has 1 aliphatic carbocycles. The van der Waals surface area contributed by atoms with Gasteiger partial charge in [-0.2, -0.15) is 4.98 Å². The van der Waals surface area contributed by atoms with Crippen molar-refractivity contribution in [3.63, 3.8) is 0 Å². The monoisotopic (exact) mass is 222 g/mol. The maximum atomic E-state index is 4.73. The molecule has 5 heteroatoms. The van der Waals surface area contributed by atoms with Gasteiger partial charge in [0.2, 0.25) is 6.39 Å². The Hall–Kier alpha value is -0.940. The van der Waals surface area contributed by atoms with Gasteiger partial charge in [-0.25, -0.2) is 0 Å². The summed E-state index contributed by atoms with van der Waals surface area (Å²) in [5.41, 5.74) is 0. The topological polar surface area (TPSA) is 54.2 Å². The maximum Gasteiger partial charge on any atom is 0.213 e. The Morgan fingerprint density at radius 2 is 2.44 bits per heavy atom. The summed E-state index contributed by atoms with van der Waals surface area (Å²) in [6.07, 6.45) is 5.13. The van der Waals surface area contributed by atoms with Crippen LogP contribution in [0.5, 0.6) is 0 Å². The molecule has 5 nitrogen and oxygen atoms in total. The molecule has 3 rings (SSSR count). The molecule has 16 heavy (non-hydrogen) atoms. The third-order valence-corrected chi connectivity index (χ3v) is 3.54. The molecule has 0 aromatic carbocycles. The highest BCUT2D eigenvalue weighted by atomic mass is 16.5. The predicted octanol–water partition coefficient (Wildman–Crippen LogP) is 0.296. The van der Waals surface area contributed by atoms with Crippen LogP contribution in [0.3, 0.4) is 0 Å². The van der Waals surface area contributed by atoms with Crippen LogP contribution >= 0.6 is 0 Å². The van der Waals surface area contributed by atoms with Crippen LogP contribution in [0.1, 0.15) is 18.7 Å². The third-order valence-electron chi connectivity index (χ3n) is 3.54. The van der Waals surface area contributed by atoms with Crippen LogP contribution in [0.15, 0.2) is 10.9 Å². The number of hydrogen-bond donors (Lipinski definition) is 1. The molecule has 1 saturated heterocycles. The molecule has 1 aromatic rings. The van der Waals surface area contributed by atoms with Crippen LogP contribution in [-0.2, 0) is 6.42 Å². The van der Waals surface area contributed by atoms with E-state index in [4.69, 9.17) is 4.52 Å². The summed E-state index contributed by atoms with van der Waals surface area (Å²) in [6, 6.07) is 0.721. The summed E-state index contributed by atoms with van der Waals surface area (Å²) in [7, 11) is 0. The third kappa shape index (κ3) is 2.41. The molecule has 1 N–H and O–H groups in total. The fraction of sp³-hybridized carbons (Fsp3) is 0.818. The Morgan fingerprint density at radius 1 is 1.50 bits per heavy atom. The van der Waals surface area contributed by atoms with Gasteiger partial charge in [0.15, 0.2) is 5.82 Å². The summed E-state index contributed by atoms with van der Waals surface area (Å²) in [5.74, 6) is 1.76. The van der Waals surface area contributed by atoms with Gasteiger partial charge < -0.3 is 14.7 Å². The van der Waals surface area contributed by atoms with Crippen LogP contribution in [-0.4, -0.2) is 47.3 Å². The molecule has 0 amide bonds. The van der Waals surface area contributed by atoms with E-state index in [1.165, 1.54) is 25.8 Å². The lowest BCUT2D eigenvalue weighted by molar-refractivity contribution is 0.189. The first-order valence-electron chi connectivity index (χ1n) is 6.13. The Balaban J connectivity index is 1.47. The van der Waals surface area contributed by atoms with E-state index in [0.29, 0.717) is 0 Å². The van der Waals surface area contributed by atoms with Crippen molar-refractivity contribution in [3.8, 4) is 0 Å². The van der Waals surface area contributed by atoms with Crippen molar-refractivity contribution < 1.29 is 4.52 Å². The van der Waals surface area contributed by atoms with Crippen molar-refractivity contribution in [2.75, 3.05) is 26.2 Å². The van der Waals surface area contributed by atoms with Gasteiger partial charge >= 0.3 is 0 Å². The molecule has 1 aliphatic heterocycles. The van der Waals surface area contributed by atoms with Crippen LogP contribution in [0.4, 0.5) is 0 Å². The number of piperazine rings is 1. The van der Waals surface area contributed by atoms with Gasteiger partial charge in [-0.3, -0.25) is 0 Å². The fourth-order valence-electron chi connectivity index (χ4n) is 2.42. The molecular formula is C11H18N4O. The largest absolute Gasteiger partial charge is 0.343 e. The van der Waals surface area contributed by atoms with Crippen LogP contribution in [0.25, 0.3) is 0 Å². The number of nitrogens with zero attached hydrogens (tertiary/aromatic N) is 3. The van der Waals surface area contributed by atoms with Crippen molar-refractivity contribution in [2.24, 2.45) is 5.92 Å². The zero-order valence-corrected chi connectivity index (χ0v) is 9.43. The summed E-state index contributed by atoms with van der Waals surface area (Å²) >= 11 is 0. The van der Waals surface area contributed by atoms with Gasteiger partial charge in [0.1, 0.15) is 0 Å². The molecule has 2 fully saturated rings. The number of nitrogens with one attached hydrogen (secondary N) is 1. The van der Waals surface area contributed by atoms with Gasteiger partial charge in [-0.1, -0.05) is 5.16 Å². The smallest absolute Gasteiger partial charge is 0.213 e. The minimum absolute atomic E-state index is 0.721. The quantitative estimate of drug-likeness (QED) is 0.794. The molecule has 2 heterocycles. The van der Waals surface area contributed by atoms with E-state index in [1.54, 1.807) is 0 Å². The average molecular weight is 222 g/mol. The fourth-order valence-corrected chi connectivity index (χ4v) is 2.42. The van der Waals surface area contributed by atoms with Gasteiger partial charge in [0, 0.05) is 38.6 Å². The van der Waals surface area contributed by atoms with Gasteiger partial charge in [-0.05, 0) is 18.8 Å². The van der Waals surface area contributed by atoms with E-state index in [-0.39, 0.29) is 0 Å². The molecule has 1 saturated carbocycles. The zero-order chi connectivity index (χ0) is 10.8. The molecular weight excluding hydrogens is 204 g/mol. The average Bonchev–Trinajstić information content (AvgIpc) is 3.05. The van der Waals surface area contributed by atoms with Gasteiger partial charge in [0.05, 0.1) is 0 Å². The summed E-state index contributed by atoms with van der Waals surface area (Å²) in [6.45, 7) is 4.49. The highest BCUT2D eigenvalue weighted by Gasteiger charge is 2.33. The first kappa shape index (κ1) is 10.2. The zero-order valence-electron chi connectivity index (χ0n) is 9.43. The van der Waals surface area contributed by atoms with E-state index >= 15 is 0 Å². The van der Waals surface area contributed by atoms with E-state index < -0.39 is 0 Å². The lowest BCUT2D eigenvalue weighted by Gasteiger charge is -2.33. The molecule has 88 valence electrons. The number of hydrogen-bond acceptors (Lipinski definition) is 5. The predicted molar refractivity (Wildman–Crippen MR) is 59.0 cm³/mol. The number of rotatable bonds is 4. The Bertz CT molecular complexity index is 323. The standard InChI is InChI=1S/C11H18N4O/c1-2-9(1)10-7-15(6-4-12-10)5-3-11-13-8-16-14-11/h8-10,12H,1-7H2. The lowest BCUT2D eigenvalue weighted by atomic mass is 10.1. The second-order valence-electron chi connectivity index (χ2n) is 4.80. The highest BCUT2D eigenvalue weighted by Crippen LogP contribution is 2.33. The Labute approximate surface area is 95.2 Å². The minimum atomic E-state index is 0.721. The van der Waals surface area contributed by atoms with Gasteiger partial charge in [-0.15, -0.1) is 0 Å². The second-order valence-corrected chi connectivity index (χ2v) is 4.80. The first-order valence-corrected chi connectivity index (χ1v) is 6.13. The second kappa shape index (κ2) is 4.51. The Morgan fingerprint density at radius 3 is 3.19 bits per heavy atom. The molecule has 1 atom stereocenters. The minimum Gasteiger partial charge on any atom is -0.343 e. The summed E-state index contributed by atoms with van der Waals surface area (Å²) < 4.78 is 4.73. The molecule has 0 bridgehead atoms. The molecule has 0 radical (unpaired) electrons. The molecule has 2 aliphatic rings. The van der Waals surface area contributed by atoms with E-state index in [0.717, 1.165) is 43.8 Å². The van der Waals surface area contributed by atoms with Crippen molar-refractivity contribution in [1.82, 2.24) is 20.4 Å². The maximum absolute atomic E-state index is 4.73. The van der Waals surface area contributed by atoms with Crippen molar-refractivity contribution >= 4 is 0 Å². The molecule has 1 unspecified atom stereocenters. The van der Waals surface area contributed by atoms with Crippen molar-refractivity contribution in [1.29, 1.82) is 0 Å². The summed E-state index contributed by atoms with van der Waals surface area (Å²) in [4.78, 5) is 6.56. The van der Waals surface area contributed by atoms with Crippen LogP contribution in [0.2, 0.25) is 0 Å². The molecule has 0 spiro atoms. The number of aromatic nitrogens is 2. The highest BCUT2D eigenvalue weighted by molar-refractivity contribution is 4.92. The van der Waals surface area contributed by atoms with Crippen molar-refractivity contribution in [2.45, 2.75) is 25.3 Å². The van der Waals surface area contributed by atoms with Crippen molar-refractivity contribution in [3.05, 3.63) is 12.2 Å². The lowest BCUT2D eigenvalue weighted by Crippen LogP contribution is -2.52.